The highest BCUT2D eigenvalue weighted by molar-refractivity contribution is 5.61. The van der Waals surface area contributed by atoms with Crippen molar-refractivity contribution < 1.29 is 0 Å². The quantitative estimate of drug-likeness (QED) is 0.910. The Hall–Kier alpha value is -2.03. The molecule has 0 saturated carbocycles. The first kappa shape index (κ1) is 15.4. The zero-order chi connectivity index (χ0) is 15.4. The van der Waals surface area contributed by atoms with Gasteiger partial charge < -0.3 is 10.3 Å². The fraction of sp³-hybridized carbons (Fsp3) is 0.389. The molecule has 0 radical (unpaired) electrons. The van der Waals surface area contributed by atoms with Gasteiger partial charge in [0.1, 0.15) is 0 Å². The van der Waals surface area contributed by atoms with Crippen LogP contribution in [0.15, 0.2) is 41.2 Å². The van der Waals surface area contributed by atoms with Crippen molar-refractivity contribution in [3.63, 3.8) is 0 Å². The molecule has 112 valence electrons. The summed E-state index contributed by atoms with van der Waals surface area (Å²) in [7, 11) is 0. The minimum atomic E-state index is -0.0901. The third kappa shape index (κ3) is 3.54. The second kappa shape index (κ2) is 6.61. The van der Waals surface area contributed by atoms with Crippen LogP contribution in [0.5, 0.6) is 0 Å². The monoisotopic (exact) mass is 284 g/mol. The van der Waals surface area contributed by atoms with Gasteiger partial charge in [-0.25, -0.2) is 0 Å². The number of nitrogens with two attached hydrogens (primary N) is 1. The number of hydrogen-bond acceptors (Lipinski definition) is 2. The summed E-state index contributed by atoms with van der Waals surface area (Å²) >= 11 is 0. The van der Waals surface area contributed by atoms with E-state index in [4.69, 9.17) is 5.73 Å². The first-order valence-electron chi connectivity index (χ1n) is 7.61. The van der Waals surface area contributed by atoms with Gasteiger partial charge >= 0.3 is 0 Å². The molecule has 0 unspecified atom stereocenters. The van der Waals surface area contributed by atoms with Gasteiger partial charge in [-0.1, -0.05) is 45.0 Å². The fourth-order valence-corrected chi connectivity index (χ4v) is 2.37. The minimum absolute atomic E-state index is 0.0901. The Labute approximate surface area is 126 Å². The summed E-state index contributed by atoms with van der Waals surface area (Å²) in [5, 5.41) is 0. The number of rotatable bonds is 5. The molecule has 2 N–H and O–H groups in total. The number of benzene rings is 1. The van der Waals surface area contributed by atoms with E-state index < -0.39 is 0 Å². The van der Waals surface area contributed by atoms with E-state index in [1.807, 2.05) is 6.07 Å². The topological polar surface area (TPSA) is 48.0 Å². The molecule has 0 saturated heterocycles. The van der Waals surface area contributed by atoms with Crippen LogP contribution in [0, 0.1) is 5.92 Å². The predicted molar refractivity (Wildman–Crippen MR) is 89.4 cm³/mol. The summed E-state index contributed by atoms with van der Waals surface area (Å²) in [4.78, 5) is 12.3. The normalized spacial score (nSPS) is 11.0. The van der Waals surface area contributed by atoms with Gasteiger partial charge in [0.05, 0.1) is 11.4 Å². The Morgan fingerprint density at radius 2 is 1.76 bits per heavy atom. The van der Waals surface area contributed by atoms with Gasteiger partial charge in [0, 0.05) is 6.54 Å². The standard InChI is InChI=1S/C18H24N2O/c1-4-14-5-7-15(8-6-14)17-10-9-16(19)18(21)20(17)12-11-13(2)3/h5-10,13H,4,11-12,19H2,1-3H3. The van der Waals surface area contributed by atoms with Crippen LogP contribution < -0.4 is 11.3 Å². The van der Waals surface area contributed by atoms with Crippen LogP contribution in [-0.2, 0) is 13.0 Å². The van der Waals surface area contributed by atoms with Crippen molar-refractivity contribution in [1.82, 2.24) is 4.57 Å². The van der Waals surface area contributed by atoms with Gasteiger partial charge in [0.2, 0.25) is 0 Å². The van der Waals surface area contributed by atoms with Gasteiger partial charge in [0.15, 0.2) is 0 Å². The Morgan fingerprint density at radius 3 is 2.33 bits per heavy atom. The van der Waals surface area contributed by atoms with Crippen molar-refractivity contribution >= 4 is 5.69 Å². The molecule has 0 aliphatic heterocycles. The number of anilines is 1. The highest BCUT2D eigenvalue weighted by atomic mass is 16.1. The van der Waals surface area contributed by atoms with Crippen LogP contribution in [-0.4, -0.2) is 4.57 Å². The van der Waals surface area contributed by atoms with Crippen molar-refractivity contribution in [2.75, 3.05) is 5.73 Å². The molecule has 3 nitrogen and oxygen atoms in total. The van der Waals surface area contributed by atoms with E-state index in [0.29, 0.717) is 18.2 Å². The molecule has 0 spiro atoms. The van der Waals surface area contributed by atoms with Crippen LogP contribution >= 0.6 is 0 Å². The number of nitrogen functional groups attached to an aromatic ring is 1. The minimum Gasteiger partial charge on any atom is -0.394 e. The summed E-state index contributed by atoms with van der Waals surface area (Å²) in [6.45, 7) is 7.16. The molecule has 1 aromatic heterocycles. The van der Waals surface area contributed by atoms with Crippen molar-refractivity contribution in [1.29, 1.82) is 0 Å². The molecule has 1 heterocycles. The smallest absolute Gasteiger partial charge is 0.274 e. The number of aryl methyl sites for hydroxylation is 1. The second-order valence-corrected chi connectivity index (χ2v) is 5.86. The molecule has 1 aromatic carbocycles. The summed E-state index contributed by atoms with van der Waals surface area (Å²) in [5.41, 5.74) is 9.31. The highest BCUT2D eigenvalue weighted by Crippen LogP contribution is 2.20. The number of hydrogen-bond donors (Lipinski definition) is 1. The molecule has 0 atom stereocenters. The summed E-state index contributed by atoms with van der Waals surface area (Å²) < 4.78 is 1.80. The Balaban J connectivity index is 2.46. The Morgan fingerprint density at radius 1 is 1.10 bits per heavy atom. The molecule has 3 heteroatoms. The summed E-state index contributed by atoms with van der Waals surface area (Å²) in [5.74, 6) is 0.550. The lowest BCUT2D eigenvalue weighted by molar-refractivity contribution is 0.511. The first-order valence-corrected chi connectivity index (χ1v) is 7.61. The maximum atomic E-state index is 12.3. The molecule has 0 aliphatic carbocycles. The molecule has 0 fully saturated rings. The van der Waals surface area contributed by atoms with Gasteiger partial charge in [-0.3, -0.25) is 4.79 Å². The molecule has 0 bridgehead atoms. The van der Waals surface area contributed by atoms with E-state index in [1.54, 1.807) is 10.6 Å². The molecule has 2 rings (SSSR count). The third-order valence-corrected chi connectivity index (χ3v) is 3.79. The van der Waals surface area contributed by atoms with Crippen molar-refractivity contribution in [3.8, 4) is 11.3 Å². The number of aromatic nitrogens is 1. The van der Waals surface area contributed by atoms with Crippen molar-refractivity contribution in [2.45, 2.75) is 40.2 Å². The fourth-order valence-electron chi connectivity index (χ4n) is 2.37. The van der Waals surface area contributed by atoms with Crippen LogP contribution in [0.2, 0.25) is 0 Å². The van der Waals surface area contributed by atoms with Crippen LogP contribution in [0.4, 0.5) is 5.69 Å². The van der Waals surface area contributed by atoms with Gasteiger partial charge in [-0.15, -0.1) is 0 Å². The third-order valence-electron chi connectivity index (χ3n) is 3.79. The van der Waals surface area contributed by atoms with Crippen LogP contribution in [0.25, 0.3) is 11.3 Å². The van der Waals surface area contributed by atoms with E-state index in [0.717, 1.165) is 24.1 Å². The lowest BCUT2D eigenvalue weighted by Crippen LogP contribution is -2.24. The maximum Gasteiger partial charge on any atom is 0.274 e. The summed E-state index contributed by atoms with van der Waals surface area (Å²) in [6.07, 6.45) is 1.98. The zero-order valence-electron chi connectivity index (χ0n) is 13.1. The first-order chi connectivity index (χ1) is 10.0. The van der Waals surface area contributed by atoms with Gasteiger partial charge in [0.25, 0.3) is 5.56 Å². The number of pyridine rings is 1. The van der Waals surface area contributed by atoms with Gasteiger partial charge in [-0.2, -0.15) is 0 Å². The molecule has 0 amide bonds. The zero-order valence-corrected chi connectivity index (χ0v) is 13.1. The van der Waals surface area contributed by atoms with Crippen molar-refractivity contribution in [3.05, 3.63) is 52.3 Å². The molecular formula is C18H24N2O. The predicted octanol–water partition coefficient (Wildman–Crippen LogP) is 3.71. The average Bonchev–Trinajstić information content (AvgIpc) is 2.48. The van der Waals surface area contributed by atoms with Crippen LogP contribution in [0.1, 0.15) is 32.8 Å². The lowest BCUT2D eigenvalue weighted by Gasteiger charge is -2.15. The van der Waals surface area contributed by atoms with E-state index in [9.17, 15) is 4.79 Å². The second-order valence-electron chi connectivity index (χ2n) is 5.86. The lowest BCUT2D eigenvalue weighted by atomic mass is 10.1. The summed E-state index contributed by atoms with van der Waals surface area (Å²) in [6, 6.07) is 12.0. The molecule has 2 aromatic rings. The molecular weight excluding hydrogens is 260 g/mol. The van der Waals surface area contributed by atoms with E-state index in [2.05, 4.69) is 45.0 Å². The Kier molecular flexibility index (Phi) is 4.84. The average molecular weight is 284 g/mol. The van der Waals surface area contributed by atoms with E-state index in [-0.39, 0.29) is 5.56 Å². The molecule has 0 aliphatic rings. The van der Waals surface area contributed by atoms with E-state index in [1.165, 1.54) is 5.56 Å². The maximum absolute atomic E-state index is 12.3. The molecule has 21 heavy (non-hydrogen) atoms. The van der Waals surface area contributed by atoms with E-state index >= 15 is 0 Å². The van der Waals surface area contributed by atoms with Gasteiger partial charge in [-0.05, 0) is 42.0 Å². The van der Waals surface area contributed by atoms with Crippen molar-refractivity contribution in [2.24, 2.45) is 5.92 Å². The largest absolute Gasteiger partial charge is 0.394 e. The SMILES string of the molecule is CCc1ccc(-c2ccc(N)c(=O)n2CCC(C)C)cc1. The highest BCUT2D eigenvalue weighted by Gasteiger charge is 2.09. The van der Waals surface area contributed by atoms with Crippen LogP contribution in [0.3, 0.4) is 0 Å². The number of nitrogens with zero attached hydrogens (tertiary/aromatic N) is 1. The Bertz CT molecular complexity index is 654.